The summed E-state index contributed by atoms with van der Waals surface area (Å²) >= 11 is 7.03. The van der Waals surface area contributed by atoms with Crippen molar-refractivity contribution in [1.29, 1.82) is 0 Å². The number of aromatic nitrogens is 3. The highest BCUT2D eigenvalue weighted by molar-refractivity contribution is 8.00. The van der Waals surface area contributed by atoms with Gasteiger partial charge in [-0.15, -0.1) is 10.2 Å². The molecule has 0 aliphatic carbocycles. The van der Waals surface area contributed by atoms with E-state index in [4.69, 9.17) is 21.9 Å². The molecule has 3 aromatic rings. The Kier molecular flexibility index (Phi) is 4.77. The largest absolute Gasteiger partial charge is 0.461 e. The standard InChI is InChI=1S/C15H14ClN5O2S/c1-9(14(22)18-11-6-4-10(16)5-7-11)24-15-20-19-13(21(15)17)12-3-2-8-23-12/h2-9H,17H2,1H3,(H,18,22)/t9-/m0/s1. The second-order valence-electron chi connectivity index (χ2n) is 4.91. The number of hydrogen-bond donors (Lipinski definition) is 2. The number of amides is 1. The Morgan fingerprint density at radius 1 is 1.33 bits per heavy atom. The zero-order valence-electron chi connectivity index (χ0n) is 12.6. The molecule has 0 saturated heterocycles. The van der Waals surface area contributed by atoms with Crippen molar-refractivity contribution in [3.63, 3.8) is 0 Å². The summed E-state index contributed by atoms with van der Waals surface area (Å²) in [4.78, 5) is 12.3. The van der Waals surface area contributed by atoms with E-state index in [1.54, 1.807) is 43.3 Å². The minimum atomic E-state index is -0.420. The first-order valence-corrected chi connectivity index (χ1v) is 8.28. The van der Waals surface area contributed by atoms with Crippen LogP contribution in [0.5, 0.6) is 0 Å². The maximum Gasteiger partial charge on any atom is 0.237 e. The number of hydrogen-bond acceptors (Lipinski definition) is 6. The molecule has 2 aromatic heterocycles. The number of nitrogens with zero attached hydrogens (tertiary/aromatic N) is 3. The SMILES string of the molecule is C[C@H](Sc1nnc(-c2ccco2)n1N)C(=O)Nc1ccc(Cl)cc1. The van der Waals surface area contributed by atoms with E-state index >= 15 is 0 Å². The molecular formula is C15H14ClN5O2S. The average molecular weight is 364 g/mol. The van der Waals surface area contributed by atoms with Gasteiger partial charge < -0.3 is 15.6 Å². The molecule has 124 valence electrons. The summed E-state index contributed by atoms with van der Waals surface area (Å²) in [5.74, 6) is 6.71. The van der Waals surface area contributed by atoms with Crippen LogP contribution in [0.25, 0.3) is 11.6 Å². The second-order valence-corrected chi connectivity index (χ2v) is 6.65. The van der Waals surface area contributed by atoms with Crippen LogP contribution in [0.3, 0.4) is 0 Å². The van der Waals surface area contributed by atoms with Crippen molar-refractivity contribution < 1.29 is 9.21 Å². The summed E-state index contributed by atoms with van der Waals surface area (Å²) in [6.45, 7) is 1.76. The molecule has 2 heterocycles. The van der Waals surface area contributed by atoms with Gasteiger partial charge in [0.25, 0.3) is 0 Å². The predicted molar refractivity (Wildman–Crippen MR) is 93.3 cm³/mol. The van der Waals surface area contributed by atoms with E-state index in [-0.39, 0.29) is 5.91 Å². The van der Waals surface area contributed by atoms with Crippen molar-refractivity contribution in [1.82, 2.24) is 14.9 Å². The number of anilines is 1. The third-order valence-corrected chi connectivity index (χ3v) is 4.48. The highest BCUT2D eigenvalue weighted by Gasteiger charge is 2.20. The molecule has 1 amide bonds. The van der Waals surface area contributed by atoms with Crippen LogP contribution < -0.4 is 11.2 Å². The lowest BCUT2D eigenvalue weighted by Crippen LogP contribution is -2.23. The lowest BCUT2D eigenvalue weighted by atomic mass is 10.3. The lowest BCUT2D eigenvalue weighted by Gasteiger charge is -2.11. The smallest absolute Gasteiger partial charge is 0.237 e. The fourth-order valence-corrected chi connectivity index (χ4v) is 2.82. The summed E-state index contributed by atoms with van der Waals surface area (Å²) in [5.41, 5.74) is 0.669. The van der Waals surface area contributed by atoms with Gasteiger partial charge in [-0.3, -0.25) is 4.79 Å². The average Bonchev–Trinajstić information content (AvgIpc) is 3.20. The highest BCUT2D eigenvalue weighted by Crippen LogP contribution is 2.25. The van der Waals surface area contributed by atoms with E-state index in [0.717, 1.165) is 0 Å². The van der Waals surface area contributed by atoms with Crippen LogP contribution in [0.4, 0.5) is 5.69 Å². The summed E-state index contributed by atoms with van der Waals surface area (Å²) in [5, 5.41) is 11.4. The van der Waals surface area contributed by atoms with Gasteiger partial charge in [-0.1, -0.05) is 23.4 Å². The van der Waals surface area contributed by atoms with Crippen LogP contribution in [0.15, 0.2) is 52.2 Å². The van der Waals surface area contributed by atoms with E-state index in [1.165, 1.54) is 22.7 Å². The predicted octanol–water partition coefficient (Wildman–Crippen LogP) is 3.02. The molecule has 3 N–H and O–H groups in total. The van der Waals surface area contributed by atoms with Gasteiger partial charge in [0.15, 0.2) is 5.76 Å². The molecule has 0 aliphatic heterocycles. The Hall–Kier alpha value is -2.45. The van der Waals surface area contributed by atoms with Gasteiger partial charge in [-0.2, -0.15) is 0 Å². The zero-order chi connectivity index (χ0) is 17.1. The van der Waals surface area contributed by atoms with Gasteiger partial charge in [0, 0.05) is 10.7 Å². The van der Waals surface area contributed by atoms with Gasteiger partial charge in [0.1, 0.15) is 0 Å². The number of rotatable bonds is 5. The number of thioether (sulfide) groups is 1. The topological polar surface area (TPSA) is 99.0 Å². The molecule has 1 aromatic carbocycles. The van der Waals surface area contributed by atoms with Crippen molar-refractivity contribution >= 4 is 35.0 Å². The third kappa shape index (κ3) is 3.55. The van der Waals surface area contributed by atoms with Gasteiger partial charge >= 0.3 is 0 Å². The van der Waals surface area contributed by atoms with Crippen LogP contribution in [-0.4, -0.2) is 26.0 Å². The number of furan rings is 1. The van der Waals surface area contributed by atoms with Gasteiger partial charge in [0.05, 0.1) is 11.5 Å². The van der Waals surface area contributed by atoms with E-state index in [9.17, 15) is 4.79 Å². The first kappa shape index (κ1) is 16.4. The zero-order valence-corrected chi connectivity index (χ0v) is 14.2. The van der Waals surface area contributed by atoms with E-state index in [0.29, 0.717) is 27.5 Å². The Bertz CT molecular complexity index is 832. The van der Waals surface area contributed by atoms with Gasteiger partial charge in [-0.25, -0.2) is 4.68 Å². The van der Waals surface area contributed by atoms with Crippen molar-refractivity contribution in [3.05, 3.63) is 47.7 Å². The number of carbonyl (C=O) groups is 1. The summed E-state index contributed by atoms with van der Waals surface area (Å²) in [7, 11) is 0. The van der Waals surface area contributed by atoms with Crippen molar-refractivity contribution in [3.8, 4) is 11.6 Å². The molecule has 7 nitrogen and oxygen atoms in total. The Morgan fingerprint density at radius 3 is 2.75 bits per heavy atom. The molecule has 0 aliphatic rings. The Morgan fingerprint density at radius 2 is 2.08 bits per heavy atom. The second kappa shape index (κ2) is 6.98. The maximum atomic E-state index is 12.3. The number of nitrogens with one attached hydrogen (secondary N) is 1. The number of halogens is 1. The first-order chi connectivity index (χ1) is 11.5. The summed E-state index contributed by atoms with van der Waals surface area (Å²) in [6, 6.07) is 10.4. The minimum Gasteiger partial charge on any atom is -0.461 e. The lowest BCUT2D eigenvalue weighted by molar-refractivity contribution is -0.115. The molecule has 24 heavy (non-hydrogen) atoms. The number of carbonyl (C=O) groups excluding carboxylic acids is 1. The van der Waals surface area contributed by atoms with E-state index < -0.39 is 5.25 Å². The number of benzene rings is 1. The van der Waals surface area contributed by atoms with Crippen LogP contribution in [0.1, 0.15) is 6.92 Å². The molecular weight excluding hydrogens is 350 g/mol. The molecule has 0 bridgehead atoms. The maximum absolute atomic E-state index is 12.3. The summed E-state index contributed by atoms with van der Waals surface area (Å²) in [6.07, 6.45) is 1.53. The molecule has 0 spiro atoms. The third-order valence-electron chi connectivity index (χ3n) is 3.17. The van der Waals surface area contributed by atoms with Gasteiger partial charge in [-0.05, 0) is 43.3 Å². The van der Waals surface area contributed by atoms with Crippen molar-refractivity contribution in [2.45, 2.75) is 17.3 Å². The molecule has 0 unspecified atom stereocenters. The Labute approximate surface area is 147 Å². The normalized spacial score (nSPS) is 12.1. The molecule has 1 atom stereocenters. The number of nitrogens with two attached hydrogens (primary N) is 1. The Balaban J connectivity index is 1.67. The molecule has 0 fully saturated rings. The van der Waals surface area contributed by atoms with Crippen molar-refractivity contribution in [2.24, 2.45) is 0 Å². The number of nitrogen functional groups attached to an aromatic ring is 1. The summed E-state index contributed by atoms with van der Waals surface area (Å²) < 4.78 is 6.55. The molecule has 0 radical (unpaired) electrons. The van der Waals surface area contributed by atoms with E-state index in [2.05, 4.69) is 15.5 Å². The van der Waals surface area contributed by atoms with Crippen LogP contribution in [-0.2, 0) is 4.79 Å². The molecule has 3 rings (SSSR count). The fourth-order valence-electron chi connectivity index (χ4n) is 1.92. The monoisotopic (exact) mass is 363 g/mol. The van der Waals surface area contributed by atoms with Gasteiger partial charge in [0.2, 0.25) is 16.9 Å². The van der Waals surface area contributed by atoms with E-state index in [1.807, 2.05) is 0 Å². The van der Waals surface area contributed by atoms with Crippen molar-refractivity contribution in [2.75, 3.05) is 11.2 Å². The molecule has 9 heteroatoms. The van der Waals surface area contributed by atoms with Crippen LogP contribution >= 0.6 is 23.4 Å². The quantitative estimate of drug-likeness (QED) is 0.534. The first-order valence-electron chi connectivity index (χ1n) is 7.02. The molecule has 0 saturated carbocycles. The fraction of sp³-hybridized carbons (Fsp3) is 0.133. The van der Waals surface area contributed by atoms with Crippen LogP contribution in [0.2, 0.25) is 5.02 Å². The highest BCUT2D eigenvalue weighted by atomic mass is 35.5. The van der Waals surface area contributed by atoms with Crippen LogP contribution in [0, 0.1) is 0 Å². The minimum absolute atomic E-state index is 0.176.